The minimum Gasteiger partial charge on any atom is -0.497 e. The highest BCUT2D eigenvalue weighted by Crippen LogP contribution is 2.67. The van der Waals surface area contributed by atoms with E-state index in [9.17, 15) is 19.5 Å². The van der Waals surface area contributed by atoms with Crippen molar-refractivity contribution < 1.29 is 29.0 Å². The van der Waals surface area contributed by atoms with Gasteiger partial charge in [-0.05, 0) is 81.5 Å². The number of amides is 2. The number of nitrogens with one attached hydrogen (secondary N) is 1. The van der Waals surface area contributed by atoms with E-state index >= 15 is 0 Å². The number of aromatic nitrogens is 4. The van der Waals surface area contributed by atoms with Gasteiger partial charge in [-0.25, -0.2) is 24.5 Å². The second-order valence-corrected chi connectivity index (χ2v) is 12.8. The Morgan fingerprint density at radius 3 is 2.59 bits per heavy atom. The van der Waals surface area contributed by atoms with Crippen LogP contribution < -0.4 is 15.0 Å². The number of carbonyl (C=O) groups is 3. The Morgan fingerprint density at radius 2 is 1.91 bits per heavy atom. The van der Waals surface area contributed by atoms with Crippen LogP contribution in [-0.4, -0.2) is 55.7 Å². The molecular weight excluding hydrogens is 588 g/mol. The summed E-state index contributed by atoms with van der Waals surface area (Å²) < 4.78 is 12.2. The second-order valence-electron chi connectivity index (χ2n) is 12.4. The van der Waals surface area contributed by atoms with Gasteiger partial charge in [0, 0.05) is 17.2 Å². The topological polar surface area (TPSA) is 149 Å². The molecule has 3 aliphatic rings. The Labute approximate surface area is 256 Å². The minimum absolute atomic E-state index is 0.303. The summed E-state index contributed by atoms with van der Waals surface area (Å²) in [6.45, 7) is 5.29. The summed E-state index contributed by atoms with van der Waals surface area (Å²) in [6, 6.07) is 10.4. The van der Waals surface area contributed by atoms with Gasteiger partial charge in [0.1, 0.15) is 22.2 Å². The van der Waals surface area contributed by atoms with Crippen molar-refractivity contribution >= 4 is 57.9 Å². The van der Waals surface area contributed by atoms with Crippen molar-refractivity contribution in [1.82, 2.24) is 19.7 Å². The lowest BCUT2D eigenvalue weighted by Gasteiger charge is -2.19. The molecule has 1 aliphatic heterocycles. The van der Waals surface area contributed by atoms with E-state index in [1.165, 1.54) is 11.8 Å². The van der Waals surface area contributed by atoms with Crippen LogP contribution >= 0.6 is 11.6 Å². The number of carbonyl (C=O) groups excluding carboxylic acids is 2. The number of imide groups is 1. The van der Waals surface area contributed by atoms with Crippen LogP contribution in [0.5, 0.6) is 5.75 Å². The first kappa shape index (κ1) is 28.1. The average molecular weight is 617 g/mol. The predicted molar refractivity (Wildman–Crippen MR) is 161 cm³/mol. The zero-order valence-electron chi connectivity index (χ0n) is 24.4. The smallest absolute Gasteiger partial charge is 0.435 e. The fourth-order valence-corrected chi connectivity index (χ4v) is 6.15. The maximum absolute atomic E-state index is 13.7. The largest absolute Gasteiger partial charge is 0.497 e. The summed E-state index contributed by atoms with van der Waals surface area (Å²) in [7, 11) is 1.52. The second kappa shape index (κ2) is 9.65. The first-order chi connectivity index (χ1) is 20.9. The minimum atomic E-state index is -1.34. The molecule has 0 bridgehead atoms. The van der Waals surface area contributed by atoms with Gasteiger partial charge in [-0.1, -0.05) is 17.7 Å². The van der Waals surface area contributed by atoms with Crippen LogP contribution in [0.2, 0.25) is 5.02 Å². The Bertz CT molecular complexity index is 1900. The van der Waals surface area contributed by atoms with E-state index in [-0.39, 0.29) is 5.92 Å². The highest BCUT2D eigenvalue weighted by atomic mass is 35.5. The number of nitrogens with zero attached hydrogens (tertiary/aromatic N) is 5. The zero-order chi connectivity index (χ0) is 31.1. The summed E-state index contributed by atoms with van der Waals surface area (Å²) in [4.78, 5) is 48.9. The molecule has 2 N–H and O–H groups in total. The van der Waals surface area contributed by atoms with Crippen LogP contribution in [0.15, 0.2) is 42.6 Å². The highest BCUT2D eigenvalue weighted by Gasteiger charge is 2.68. The Balaban J connectivity index is 1.31. The summed E-state index contributed by atoms with van der Waals surface area (Å²) in [5.74, 6) is 1.39. The van der Waals surface area contributed by atoms with E-state index in [2.05, 4.69) is 20.4 Å². The quantitative estimate of drug-likeness (QED) is 0.260. The van der Waals surface area contributed by atoms with Crippen LogP contribution in [0.1, 0.15) is 68.8 Å². The van der Waals surface area contributed by atoms with E-state index in [1.807, 2.05) is 12.1 Å². The third kappa shape index (κ3) is 4.43. The molecule has 4 aromatic rings. The van der Waals surface area contributed by atoms with Crippen molar-refractivity contribution in [2.75, 3.05) is 17.3 Å². The van der Waals surface area contributed by atoms with Gasteiger partial charge in [0.05, 0.1) is 29.9 Å². The average Bonchev–Trinajstić information content (AvgIpc) is 3.89. The Kier molecular flexibility index (Phi) is 6.16. The maximum Gasteiger partial charge on any atom is 0.435 e. The third-order valence-electron chi connectivity index (χ3n) is 8.28. The van der Waals surface area contributed by atoms with Gasteiger partial charge in [-0.2, -0.15) is 4.68 Å². The summed E-state index contributed by atoms with van der Waals surface area (Å²) >= 11 is 6.43. The molecule has 2 saturated carbocycles. The molecule has 44 heavy (non-hydrogen) atoms. The van der Waals surface area contributed by atoms with Crippen LogP contribution in [0.4, 0.5) is 26.9 Å². The first-order valence-electron chi connectivity index (χ1n) is 14.2. The predicted octanol–water partition coefficient (Wildman–Crippen LogP) is 6.34. The van der Waals surface area contributed by atoms with Gasteiger partial charge in [0.15, 0.2) is 11.6 Å². The van der Waals surface area contributed by atoms with Gasteiger partial charge in [-0.3, -0.25) is 4.79 Å². The summed E-state index contributed by atoms with van der Waals surface area (Å²) in [5.41, 5.74) is 0.267. The van der Waals surface area contributed by atoms with Gasteiger partial charge in [0.25, 0.3) is 0 Å². The van der Waals surface area contributed by atoms with Gasteiger partial charge >= 0.3 is 12.2 Å². The number of fused-ring (bicyclic) bond motifs is 3. The lowest BCUT2D eigenvalue weighted by atomic mass is 9.91. The van der Waals surface area contributed by atoms with E-state index < -0.39 is 29.1 Å². The fraction of sp³-hybridized carbons (Fsp3) is 0.355. The molecule has 1 spiro atoms. The van der Waals surface area contributed by atoms with E-state index in [0.717, 1.165) is 23.3 Å². The number of halogens is 1. The maximum atomic E-state index is 13.7. The van der Waals surface area contributed by atoms with Crippen molar-refractivity contribution in [3.63, 3.8) is 0 Å². The summed E-state index contributed by atoms with van der Waals surface area (Å²) in [5, 5.41) is 18.5. The molecule has 7 rings (SSSR count). The molecule has 13 heteroatoms. The highest BCUT2D eigenvalue weighted by molar-refractivity contribution is 6.33. The van der Waals surface area contributed by atoms with Crippen LogP contribution in [0.3, 0.4) is 0 Å². The van der Waals surface area contributed by atoms with E-state index in [1.54, 1.807) is 51.2 Å². The standard InChI is InChI=1S/C31H29ClN6O6/c1-30(2,3)44-29(42)38-23-11-16(7-9-18(23)25(36-38)35-26-21(32)14-33-24(34-26)15-5-6-15)20-13-31(20)19-12-17(43-4)8-10-22(19)37(27(31)39)28(40)41/h7-12,14-15,20H,5-6,13H2,1-4H3,(H,40,41)(H,33,34,35,36)/t20-,31-/m0/s1. The molecule has 12 nitrogen and oxygen atoms in total. The van der Waals surface area contributed by atoms with E-state index in [0.29, 0.717) is 62.7 Å². The molecule has 2 atom stereocenters. The number of ether oxygens (including phenoxy) is 2. The van der Waals surface area contributed by atoms with Gasteiger partial charge < -0.3 is 19.9 Å². The van der Waals surface area contributed by atoms with Crippen molar-refractivity contribution in [1.29, 1.82) is 0 Å². The van der Waals surface area contributed by atoms with Gasteiger partial charge in [-0.15, -0.1) is 5.10 Å². The van der Waals surface area contributed by atoms with Crippen molar-refractivity contribution in [3.8, 4) is 5.75 Å². The molecule has 0 saturated heterocycles. The zero-order valence-corrected chi connectivity index (χ0v) is 25.2. The van der Waals surface area contributed by atoms with Crippen LogP contribution in [0.25, 0.3) is 10.9 Å². The molecule has 2 aliphatic carbocycles. The SMILES string of the molecule is COc1ccc2c(c1)[C@]1(C[C@H]1c1ccc3c(Nc4nc(C5CC5)ncc4Cl)nn(C(=O)OC(C)(C)C)c3c1)C(=O)N2C(=O)O. The molecule has 2 aromatic carbocycles. The Hall–Kier alpha value is -4.71. The lowest BCUT2D eigenvalue weighted by molar-refractivity contribution is -0.119. The van der Waals surface area contributed by atoms with Crippen molar-refractivity contribution in [2.45, 2.75) is 62.9 Å². The number of benzene rings is 2. The van der Waals surface area contributed by atoms with E-state index in [4.69, 9.17) is 21.1 Å². The summed E-state index contributed by atoms with van der Waals surface area (Å²) in [6.07, 6.45) is 1.96. The molecule has 2 fully saturated rings. The number of hydrogen-bond acceptors (Lipinski definition) is 9. The molecule has 3 heterocycles. The van der Waals surface area contributed by atoms with Crippen molar-refractivity contribution in [3.05, 3.63) is 64.6 Å². The normalized spacial score (nSPS) is 20.6. The monoisotopic (exact) mass is 616 g/mol. The number of carboxylic acid groups (broad SMARTS) is 1. The van der Waals surface area contributed by atoms with Crippen molar-refractivity contribution in [2.24, 2.45) is 0 Å². The molecule has 226 valence electrons. The lowest BCUT2D eigenvalue weighted by Crippen LogP contribution is -2.36. The molecule has 2 aromatic heterocycles. The number of rotatable bonds is 5. The number of anilines is 3. The third-order valence-corrected chi connectivity index (χ3v) is 8.55. The Morgan fingerprint density at radius 1 is 1.14 bits per heavy atom. The van der Waals surface area contributed by atoms with Gasteiger partial charge in [0.2, 0.25) is 5.91 Å². The molecule has 0 radical (unpaired) electrons. The fourth-order valence-electron chi connectivity index (χ4n) is 6.01. The first-order valence-corrected chi connectivity index (χ1v) is 14.6. The molecule has 0 unspecified atom stereocenters. The molecular formula is C31H29ClN6O6. The molecule has 2 amide bonds. The number of methoxy groups -OCH3 is 1. The van der Waals surface area contributed by atoms with Crippen LogP contribution in [0, 0.1) is 0 Å². The number of hydrogen-bond donors (Lipinski definition) is 2. The van der Waals surface area contributed by atoms with Crippen LogP contribution in [-0.2, 0) is 14.9 Å².